The molecule has 2 nitrogen and oxygen atoms in total. The first-order valence-corrected chi connectivity index (χ1v) is 4.42. The van der Waals surface area contributed by atoms with Gasteiger partial charge in [0.25, 0.3) is 0 Å². The van der Waals surface area contributed by atoms with Gasteiger partial charge in [0.15, 0.2) is 11.5 Å². The molecule has 0 radical (unpaired) electrons. The Morgan fingerprint density at radius 3 is 2.47 bits per heavy atom. The van der Waals surface area contributed by atoms with Crippen molar-refractivity contribution in [3.63, 3.8) is 0 Å². The van der Waals surface area contributed by atoms with Gasteiger partial charge in [-0.2, -0.15) is 8.78 Å². The van der Waals surface area contributed by atoms with Crippen molar-refractivity contribution in [1.82, 2.24) is 0 Å². The van der Waals surface area contributed by atoms with Crippen LogP contribution in [0.4, 0.5) is 13.2 Å². The molecule has 1 aromatic carbocycles. The molecule has 1 aromatic rings. The number of rotatable bonds is 4. The van der Waals surface area contributed by atoms with E-state index in [-0.39, 0.29) is 15.8 Å². The molecule has 0 saturated carbocycles. The van der Waals surface area contributed by atoms with Crippen LogP contribution in [0.5, 0.6) is 11.5 Å². The monoisotopic (exact) mass is 260 g/mol. The number of hydrogen-bond acceptors (Lipinski definition) is 2. The molecule has 1 rings (SSSR count). The Kier molecular flexibility index (Phi) is 4.35. The third kappa shape index (κ3) is 3.35. The van der Waals surface area contributed by atoms with Gasteiger partial charge in [0.2, 0.25) is 6.86 Å². The van der Waals surface area contributed by atoms with E-state index in [9.17, 15) is 13.2 Å². The average molecular weight is 261 g/mol. The summed E-state index contributed by atoms with van der Waals surface area (Å²) in [5.41, 5.74) is 0. The van der Waals surface area contributed by atoms with Gasteiger partial charge in [0.1, 0.15) is 0 Å². The zero-order valence-corrected chi connectivity index (χ0v) is 8.66. The second-order valence-corrected chi connectivity index (χ2v) is 3.19. The Hall–Kier alpha value is -0.810. The maximum absolute atomic E-state index is 11.9. The molecule has 84 valence electrons. The van der Waals surface area contributed by atoms with Gasteiger partial charge in [0, 0.05) is 11.1 Å². The second-order valence-electron chi connectivity index (χ2n) is 2.35. The predicted octanol–water partition coefficient (Wildman–Crippen LogP) is 3.90. The molecule has 0 unspecified atom stereocenters. The van der Waals surface area contributed by atoms with Crippen molar-refractivity contribution in [2.24, 2.45) is 0 Å². The smallest absolute Gasteiger partial charge is 0.387 e. The minimum Gasteiger partial charge on any atom is -0.457 e. The molecule has 0 aliphatic carbocycles. The highest BCUT2D eigenvalue weighted by molar-refractivity contribution is 6.35. The van der Waals surface area contributed by atoms with Crippen molar-refractivity contribution in [1.29, 1.82) is 0 Å². The summed E-state index contributed by atoms with van der Waals surface area (Å²) in [4.78, 5) is 0. The fourth-order valence-corrected chi connectivity index (χ4v) is 1.44. The molecule has 0 aliphatic heterocycles. The summed E-state index contributed by atoms with van der Waals surface area (Å²) in [6.07, 6.45) is 0. The first kappa shape index (κ1) is 12.3. The van der Waals surface area contributed by atoms with Crippen molar-refractivity contribution in [2.45, 2.75) is 6.61 Å². The molecule has 0 fully saturated rings. The van der Waals surface area contributed by atoms with Gasteiger partial charge in [-0.3, -0.25) is 0 Å². The molecular weight excluding hydrogens is 256 g/mol. The highest BCUT2D eigenvalue weighted by Crippen LogP contribution is 2.38. The van der Waals surface area contributed by atoms with Crippen LogP contribution in [-0.2, 0) is 0 Å². The molecule has 0 N–H and O–H groups in total. The van der Waals surface area contributed by atoms with Crippen molar-refractivity contribution in [3.05, 3.63) is 22.2 Å². The van der Waals surface area contributed by atoms with Gasteiger partial charge in [-0.1, -0.05) is 23.2 Å². The molecular formula is C8H5Cl2F3O2. The van der Waals surface area contributed by atoms with Crippen LogP contribution in [0.25, 0.3) is 0 Å². The maximum atomic E-state index is 11.9. The van der Waals surface area contributed by atoms with E-state index in [0.717, 1.165) is 6.07 Å². The fraction of sp³-hybridized carbons (Fsp3) is 0.250. The highest BCUT2D eigenvalue weighted by atomic mass is 35.5. The molecule has 0 saturated heterocycles. The van der Waals surface area contributed by atoms with E-state index in [4.69, 9.17) is 23.2 Å². The molecule has 0 amide bonds. The number of hydrogen-bond donors (Lipinski definition) is 0. The minimum absolute atomic E-state index is 0.0851. The van der Waals surface area contributed by atoms with Crippen LogP contribution in [0.3, 0.4) is 0 Å². The number of alkyl halides is 3. The zero-order valence-electron chi connectivity index (χ0n) is 7.15. The lowest BCUT2D eigenvalue weighted by Gasteiger charge is -2.11. The van der Waals surface area contributed by atoms with E-state index in [2.05, 4.69) is 9.47 Å². The Balaban J connectivity index is 3.08. The number of halogens is 5. The van der Waals surface area contributed by atoms with E-state index >= 15 is 0 Å². The first-order valence-electron chi connectivity index (χ1n) is 3.67. The lowest BCUT2D eigenvalue weighted by atomic mass is 10.3. The van der Waals surface area contributed by atoms with Crippen LogP contribution in [0.15, 0.2) is 12.1 Å². The van der Waals surface area contributed by atoms with Crippen LogP contribution in [0.2, 0.25) is 10.0 Å². The predicted molar refractivity (Wildman–Crippen MR) is 49.7 cm³/mol. The van der Waals surface area contributed by atoms with Gasteiger partial charge >= 0.3 is 6.61 Å². The summed E-state index contributed by atoms with van der Waals surface area (Å²) >= 11 is 11.1. The highest BCUT2D eigenvalue weighted by Gasteiger charge is 2.15. The van der Waals surface area contributed by atoms with E-state index < -0.39 is 19.2 Å². The van der Waals surface area contributed by atoms with Crippen LogP contribution in [-0.4, -0.2) is 13.5 Å². The normalized spacial score (nSPS) is 10.5. The SMILES string of the molecule is FCOc1c(Cl)cc(Cl)cc1OC(F)F. The van der Waals surface area contributed by atoms with Gasteiger partial charge < -0.3 is 9.47 Å². The maximum Gasteiger partial charge on any atom is 0.387 e. The Morgan fingerprint density at radius 2 is 1.93 bits per heavy atom. The third-order valence-corrected chi connectivity index (χ3v) is 1.89. The summed E-state index contributed by atoms with van der Waals surface area (Å²) in [6, 6.07) is 2.29. The summed E-state index contributed by atoms with van der Waals surface area (Å²) < 4.78 is 44.3. The quantitative estimate of drug-likeness (QED) is 0.818. The van der Waals surface area contributed by atoms with Gasteiger partial charge in [-0.05, 0) is 6.07 Å². The minimum atomic E-state index is -3.07. The molecule has 0 atom stereocenters. The van der Waals surface area contributed by atoms with Crippen LogP contribution < -0.4 is 9.47 Å². The summed E-state index contributed by atoms with van der Waals surface area (Å²) in [7, 11) is 0. The molecule has 15 heavy (non-hydrogen) atoms. The largest absolute Gasteiger partial charge is 0.457 e. The molecule has 0 spiro atoms. The standard InChI is InChI=1S/C8H5Cl2F3O2/c9-4-1-5(10)7(14-3-11)6(2-4)15-8(12)13/h1-2,8H,3H2. The van der Waals surface area contributed by atoms with E-state index in [1.54, 1.807) is 0 Å². The summed E-state index contributed by atoms with van der Waals surface area (Å²) in [5, 5.41) is -0.0161. The van der Waals surface area contributed by atoms with Gasteiger partial charge in [-0.15, -0.1) is 0 Å². The van der Waals surface area contributed by atoms with Crippen molar-refractivity contribution >= 4 is 23.2 Å². The third-order valence-electron chi connectivity index (χ3n) is 1.39. The van der Waals surface area contributed by atoms with Crippen LogP contribution in [0, 0.1) is 0 Å². The van der Waals surface area contributed by atoms with E-state index in [0.29, 0.717) is 0 Å². The topological polar surface area (TPSA) is 18.5 Å². The summed E-state index contributed by atoms with van der Waals surface area (Å²) in [6.45, 7) is -4.28. The van der Waals surface area contributed by atoms with E-state index in [1.165, 1.54) is 6.07 Å². The molecule has 0 heterocycles. The average Bonchev–Trinajstić information content (AvgIpc) is 2.10. The lowest BCUT2D eigenvalue weighted by molar-refractivity contribution is -0.0519. The van der Waals surface area contributed by atoms with Gasteiger partial charge in [-0.25, -0.2) is 4.39 Å². The molecule has 7 heteroatoms. The number of ether oxygens (including phenoxy) is 2. The fourth-order valence-electron chi connectivity index (χ4n) is 0.915. The molecule has 0 bridgehead atoms. The second kappa shape index (κ2) is 5.32. The van der Waals surface area contributed by atoms with Crippen molar-refractivity contribution in [3.8, 4) is 11.5 Å². The number of benzene rings is 1. The Labute approximate surface area is 93.5 Å². The zero-order chi connectivity index (χ0) is 11.4. The van der Waals surface area contributed by atoms with E-state index in [1.807, 2.05) is 0 Å². The molecule has 0 aliphatic rings. The van der Waals surface area contributed by atoms with Crippen molar-refractivity contribution in [2.75, 3.05) is 6.86 Å². The van der Waals surface area contributed by atoms with Gasteiger partial charge in [0.05, 0.1) is 5.02 Å². The van der Waals surface area contributed by atoms with Crippen LogP contribution >= 0.6 is 23.2 Å². The first-order chi connectivity index (χ1) is 7.04. The summed E-state index contributed by atoms with van der Waals surface area (Å²) in [5.74, 6) is -0.705. The lowest BCUT2D eigenvalue weighted by Crippen LogP contribution is -2.04. The molecule has 0 aromatic heterocycles. The van der Waals surface area contributed by atoms with Crippen molar-refractivity contribution < 1.29 is 22.6 Å². The van der Waals surface area contributed by atoms with Crippen LogP contribution in [0.1, 0.15) is 0 Å². The Morgan fingerprint density at radius 1 is 1.27 bits per heavy atom. The Bertz CT molecular complexity index is 347.